The first-order chi connectivity index (χ1) is 13.6. The number of benzene rings is 1. The topological polar surface area (TPSA) is 114 Å². The lowest BCUT2D eigenvalue weighted by Gasteiger charge is -2.48. The van der Waals surface area contributed by atoms with Crippen LogP contribution < -0.4 is 0 Å². The van der Waals surface area contributed by atoms with E-state index in [2.05, 4.69) is 0 Å². The van der Waals surface area contributed by atoms with Crippen molar-refractivity contribution < 1.29 is 39.4 Å². The molecule has 164 valence electrons. The molecule has 9 nitrogen and oxygen atoms in total. The van der Waals surface area contributed by atoms with E-state index in [-0.39, 0.29) is 6.61 Å². The average molecular weight is 469 g/mol. The van der Waals surface area contributed by atoms with Crippen LogP contribution in [0.3, 0.4) is 0 Å². The SMILES string of the molecule is CCS[C@@H]1O[C@@H]2CO[C@H](c3ccccc3)O[C@@H]2[C@H](OS(C)(=O)=O)[C@H]1OS(C)(=O)=O. The Labute approximate surface area is 175 Å². The van der Waals surface area contributed by atoms with Gasteiger partial charge in [-0.1, -0.05) is 37.3 Å². The molecule has 1 aromatic carbocycles. The predicted molar refractivity (Wildman–Crippen MR) is 106 cm³/mol. The highest BCUT2D eigenvalue weighted by Crippen LogP contribution is 2.39. The van der Waals surface area contributed by atoms with Gasteiger partial charge < -0.3 is 14.2 Å². The zero-order chi connectivity index (χ0) is 21.2. The number of hydrogen-bond acceptors (Lipinski definition) is 10. The highest BCUT2D eigenvalue weighted by Gasteiger charge is 2.53. The highest BCUT2D eigenvalue weighted by atomic mass is 32.2. The summed E-state index contributed by atoms with van der Waals surface area (Å²) in [6.07, 6.45) is -2.99. The molecule has 0 saturated carbocycles. The molecule has 29 heavy (non-hydrogen) atoms. The van der Waals surface area contributed by atoms with Gasteiger partial charge in [0.15, 0.2) is 6.29 Å². The van der Waals surface area contributed by atoms with Crippen LogP contribution in [0.4, 0.5) is 0 Å². The summed E-state index contributed by atoms with van der Waals surface area (Å²) in [4.78, 5) is 0. The van der Waals surface area contributed by atoms with E-state index in [1.54, 1.807) is 12.1 Å². The van der Waals surface area contributed by atoms with Crippen LogP contribution in [0.5, 0.6) is 0 Å². The fourth-order valence-electron chi connectivity index (χ4n) is 3.24. The number of thioether (sulfide) groups is 1. The lowest BCUT2D eigenvalue weighted by molar-refractivity contribution is -0.312. The van der Waals surface area contributed by atoms with E-state index in [1.807, 2.05) is 25.1 Å². The minimum absolute atomic E-state index is 0.125. The molecule has 0 unspecified atom stereocenters. The van der Waals surface area contributed by atoms with Crippen LogP contribution in [0.25, 0.3) is 0 Å². The van der Waals surface area contributed by atoms with Crippen molar-refractivity contribution in [1.29, 1.82) is 0 Å². The van der Waals surface area contributed by atoms with Gasteiger partial charge in [0.1, 0.15) is 29.9 Å². The van der Waals surface area contributed by atoms with Crippen molar-refractivity contribution >= 4 is 32.0 Å². The molecule has 1 aromatic rings. The van der Waals surface area contributed by atoms with E-state index in [0.29, 0.717) is 5.75 Å². The molecule has 2 heterocycles. The van der Waals surface area contributed by atoms with Crippen LogP contribution in [0.15, 0.2) is 30.3 Å². The maximum Gasteiger partial charge on any atom is 0.264 e. The third-order valence-corrected chi connectivity index (χ3v) is 6.44. The van der Waals surface area contributed by atoms with E-state index in [4.69, 9.17) is 22.6 Å². The largest absolute Gasteiger partial charge is 0.356 e. The monoisotopic (exact) mass is 468 g/mol. The molecule has 12 heteroatoms. The number of ether oxygens (including phenoxy) is 3. The lowest BCUT2D eigenvalue weighted by atomic mass is 9.99. The predicted octanol–water partition coefficient (Wildman–Crippen LogP) is 1.27. The molecule has 3 rings (SSSR count). The molecule has 2 aliphatic heterocycles. The van der Waals surface area contributed by atoms with Crippen LogP contribution >= 0.6 is 11.8 Å². The second-order valence-corrected chi connectivity index (χ2v) is 11.3. The molecule has 0 radical (unpaired) electrons. The molecule has 0 amide bonds. The van der Waals surface area contributed by atoms with Crippen LogP contribution in [0.2, 0.25) is 0 Å². The summed E-state index contributed by atoms with van der Waals surface area (Å²) in [5.74, 6) is 0.589. The third-order valence-electron chi connectivity index (χ3n) is 4.26. The third kappa shape index (κ3) is 6.14. The second-order valence-electron chi connectivity index (χ2n) is 6.70. The molecule has 0 spiro atoms. The van der Waals surface area contributed by atoms with E-state index >= 15 is 0 Å². The number of hydrogen-bond donors (Lipinski definition) is 0. The fourth-order valence-corrected chi connectivity index (χ4v) is 5.50. The summed E-state index contributed by atoms with van der Waals surface area (Å²) in [7, 11) is -7.87. The highest BCUT2D eigenvalue weighted by molar-refractivity contribution is 7.99. The second kappa shape index (κ2) is 9.18. The average Bonchev–Trinajstić information content (AvgIpc) is 2.63. The Bertz CT molecular complexity index is 888. The molecule has 0 aromatic heterocycles. The summed E-state index contributed by atoms with van der Waals surface area (Å²) in [6.45, 7) is 1.99. The van der Waals surface area contributed by atoms with Crippen molar-refractivity contribution in [2.75, 3.05) is 24.9 Å². The Morgan fingerprint density at radius 2 is 1.62 bits per heavy atom. The van der Waals surface area contributed by atoms with Crippen molar-refractivity contribution in [3.8, 4) is 0 Å². The number of fused-ring (bicyclic) bond motifs is 1. The minimum Gasteiger partial charge on any atom is -0.356 e. The molecule has 0 bridgehead atoms. The van der Waals surface area contributed by atoms with Gasteiger partial charge in [-0.05, 0) is 5.75 Å². The smallest absolute Gasteiger partial charge is 0.264 e. The fraction of sp³-hybridized carbons (Fsp3) is 0.647. The van der Waals surface area contributed by atoms with E-state index in [0.717, 1.165) is 18.1 Å². The Hall–Kier alpha value is -0.730. The molecule has 6 atom stereocenters. The molecule has 2 saturated heterocycles. The van der Waals surface area contributed by atoms with Crippen molar-refractivity contribution in [1.82, 2.24) is 0 Å². The van der Waals surface area contributed by atoms with Gasteiger partial charge in [-0.2, -0.15) is 16.8 Å². The lowest BCUT2D eigenvalue weighted by Crippen LogP contribution is -2.63. The van der Waals surface area contributed by atoms with Gasteiger partial charge in [0.25, 0.3) is 20.2 Å². The molecule has 2 aliphatic rings. The van der Waals surface area contributed by atoms with Gasteiger partial charge in [0.2, 0.25) is 0 Å². The molecule has 0 aliphatic carbocycles. The first-order valence-corrected chi connectivity index (χ1v) is 13.6. The van der Waals surface area contributed by atoms with Crippen LogP contribution in [-0.2, 0) is 42.8 Å². The summed E-state index contributed by atoms with van der Waals surface area (Å²) < 4.78 is 75.8. The summed E-state index contributed by atoms with van der Waals surface area (Å²) >= 11 is 1.29. The molecular weight excluding hydrogens is 444 g/mol. The zero-order valence-electron chi connectivity index (χ0n) is 16.2. The van der Waals surface area contributed by atoms with E-state index < -0.39 is 56.4 Å². The van der Waals surface area contributed by atoms with Gasteiger partial charge >= 0.3 is 0 Å². The van der Waals surface area contributed by atoms with Gasteiger partial charge in [-0.15, -0.1) is 11.8 Å². The van der Waals surface area contributed by atoms with Crippen LogP contribution in [-0.4, -0.2) is 71.6 Å². The summed E-state index contributed by atoms with van der Waals surface area (Å²) in [5, 5.41) is 0. The van der Waals surface area contributed by atoms with Crippen molar-refractivity contribution in [2.45, 2.75) is 43.1 Å². The van der Waals surface area contributed by atoms with E-state index in [9.17, 15) is 16.8 Å². The maximum atomic E-state index is 11.9. The van der Waals surface area contributed by atoms with Gasteiger partial charge in [-0.3, -0.25) is 8.37 Å². The van der Waals surface area contributed by atoms with Gasteiger partial charge in [0.05, 0.1) is 19.1 Å². The van der Waals surface area contributed by atoms with Gasteiger partial charge in [0, 0.05) is 5.56 Å². The maximum absolute atomic E-state index is 11.9. The Morgan fingerprint density at radius 1 is 1.00 bits per heavy atom. The first kappa shape index (κ1) is 22.9. The van der Waals surface area contributed by atoms with Crippen LogP contribution in [0.1, 0.15) is 18.8 Å². The van der Waals surface area contributed by atoms with Crippen LogP contribution in [0, 0.1) is 0 Å². The normalized spacial score (nSPS) is 33.2. The quantitative estimate of drug-likeness (QED) is 0.542. The van der Waals surface area contributed by atoms with Gasteiger partial charge in [-0.25, -0.2) is 0 Å². The number of rotatable bonds is 7. The zero-order valence-corrected chi connectivity index (χ0v) is 18.6. The molecule has 2 fully saturated rings. The standard InChI is InChI=1S/C17H24O9S3/c1-4-27-17-15(26-29(3,20)21)14(25-28(2,18)19)13-12(23-17)10-22-16(24-13)11-8-6-5-7-9-11/h5-9,12-17H,4,10H2,1-3H3/t12-,13+,14+,15-,16+,17+/m1/s1. The summed E-state index contributed by atoms with van der Waals surface area (Å²) in [6, 6.07) is 9.10. The minimum atomic E-state index is -3.94. The van der Waals surface area contributed by atoms with Crippen molar-refractivity contribution in [3.05, 3.63) is 35.9 Å². The Kier molecular flexibility index (Phi) is 7.27. The summed E-state index contributed by atoms with van der Waals surface area (Å²) in [5.41, 5.74) is -0.0436. The van der Waals surface area contributed by atoms with E-state index in [1.165, 1.54) is 11.8 Å². The Morgan fingerprint density at radius 3 is 2.21 bits per heavy atom. The van der Waals surface area contributed by atoms with Crippen molar-refractivity contribution in [2.24, 2.45) is 0 Å². The Balaban J connectivity index is 1.94. The molecular formula is C17H24O9S3. The van der Waals surface area contributed by atoms with Crippen molar-refractivity contribution in [3.63, 3.8) is 0 Å². The molecule has 0 N–H and O–H groups in total. The first-order valence-electron chi connectivity index (χ1n) is 8.93.